The number of hydrogen-bond acceptors (Lipinski definition) is 2. The third-order valence-electron chi connectivity index (χ3n) is 1.06. The molecule has 0 bridgehead atoms. The summed E-state index contributed by atoms with van der Waals surface area (Å²) in [5.74, 6) is 0.396. The summed E-state index contributed by atoms with van der Waals surface area (Å²) in [5, 5.41) is 8.26. The molecule has 0 aliphatic rings. The Labute approximate surface area is 69.3 Å². The zero-order chi connectivity index (χ0) is 8.85. The number of hydrogen-bond donors (Lipinski definition) is 1. The SMILES string of the molecule is CC(C)CS(=O)CCC(=O)O. The Morgan fingerprint density at radius 2 is 2.09 bits per heavy atom. The summed E-state index contributed by atoms with van der Waals surface area (Å²) in [6, 6.07) is 0. The van der Waals surface area contributed by atoms with Crippen LogP contribution in [0.5, 0.6) is 0 Å². The van der Waals surface area contributed by atoms with Gasteiger partial charge < -0.3 is 5.11 Å². The summed E-state index contributed by atoms with van der Waals surface area (Å²) in [7, 11) is -0.952. The molecule has 0 amide bonds. The van der Waals surface area contributed by atoms with Crippen LogP contribution in [0.4, 0.5) is 0 Å². The number of carbonyl (C=O) groups is 1. The first kappa shape index (κ1) is 10.6. The van der Waals surface area contributed by atoms with Crippen LogP contribution in [0.3, 0.4) is 0 Å². The molecule has 0 fully saturated rings. The third-order valence-corrected chi connectivity index (χ3v) is 2.76. The molecule has 3 nitrogen and oxygen atoms in total. The van der Waals surface area contributed by atoms with Crippen LogP contribution in [-0.2, 0) is 15.6 Å². The minimum atomic E-state index is -0.952. The minimum Gasteiger partial charge on any atom is -0.481 e. The average molecular weight is 178 g/mol. The van der Waals surface area contributed by atoms with Crippen LogP contribution < -0.4 is 0 Å². The Morgan fingerprint density at radius 1 is 1.55 bits per heavy atom. The van der Waals surface area contributed by atoms with E-state index in [1.54, 1.807) is 0 Å². The largest absolute Gasteiger partial charge is 0.481 e. The van der Waals surface area contributed by atoms with Crippen LogP contribution in [0.25, 0.3) is 0 Å². The first-order valence-corrected chi connectivity index (χ1v) is 5.08. The molecular weight excluding hydrogens is 164 g/mol. The molecule has 4 heteroatoms. The fourth-order valence-corrected chi connectivity index (χ4v) is 1.97. The van der Waals surface area contributed by atoms with E-state index in [-0.39, 0.29) is 12.2 Å². The molecule has 11 heavy (non-hydrogen) atoms. The Morgan fingerprint density at radius 3 is 2.45 bits per heavy atom. The molecule has 0 aliphatic carbocycles. The molecule has 1 unspecified atom stereocenters. The second-order valence-corrected chi connectivity index (χ2v) is 4.47. The second kappa shape index (κ2) is 5.29. The van der Waals surface area contributed by atoms with E-state index in [1.165, 1.54) is 0 Å². The highest BCUT2D eigenvalue weighted by Crippen LogP contribution is 1.97. The Kier molecular flexibility index (Phi) is 5.11. The van der Waals surface area contributed by atoms with Crippen molar-refractivity contribution < 1.29 is 14.1 Å². The van der Waals surface area contributed by atoms with Gasteiger partial charge >= 0.3 is 5.97 Å². The molecule has 0 saturated carbocycles. The van der Waals surface area contributed by atoms with Crippen molar-refractivity contribution in [2.75, 3.05) is 11.5 Å². The highest BCUT2D eigenvalue weighted by atomic mass is 32.2. The van der Waals surface area contributed by atoms with Gasteiger partial charge in [0.15, 0.2) is 0 Å². The molecule has 0 aromatic rings. The maximum Gasteiger partial charge on any atom is 0.304 e. The zero-order valence-electron chi connectivity index (χ0n) is 6.87. The van der Waals surface area contributed by atoms with Gasteiger partial charge in [0.1, 0.15) is 0 Å². The van der Waals surface area contributed by atoms with Gasteiger partial charge in [-0.3, -0.25) is 9.00 Å². The lowest BCUT2D eigenvalue weighted by atomic mass is 10.3. The highest BCUT2D eigenvalue weighted by Gasteiger charge is 2.05. The number of carboxylic acids is 1. The molecule has 66 valence electrons. The van der Waals surface area contributed by atoms with Gasteiger partial charge in [-0.15, -0.1) is 0 Å². The number of carboxylic acid groups (broad SMARTS) is 1. The fourth-order valence-electron chi connectivity index (χ4n) is 0.656. The first-order valence-electron chi connectivity index (χ1n) is 3.59. The number of aliphatic carboxylic acids is 1. The van der Waals surface area contributed by atoms with Crippen molar-refractivity contribution in [2.45, 2.75) is 20.3 Å². The summed E-state index contributed by atoms with van der Waals surface area (Å²) in [4.78, 5) is 10.1. The van der Waals surface area contributed by atoms with E-state index < -0.39 is 16.8 Å². The quantitative estimate of drug-likeness (QED) is 0.679. The molecule has 0 aromatic heterocycles. The first-order chi connectivity index (χ1) is 5.02. The summed E-state index contributed by atoms with van der Waals surface area (Å²) in [5.41, 5.74) is 0. The van der Waals surface area contributed by atoms with Gasteiger partial charge in [0, 0.05) is 22.3 Å². The monoisotopic (exact) mass is 178 g/mol. The van der Waals surface area contributed by atoms with Crippen molar-refractivity contribution >= 4 is 16.8 Å². The van der Waals surface area contributed by atoms with E-state index in [9.17, 15) is 9.00 Å². The van der Waals surface area contributed by atoms with E-state index in [2.05, 4.69) is 0 Å². The van der Waals surface area contributed by atoms with Crippen molar-refractivity contribution in [3.63, 3.8) is 0 Å². The van der Waals surface area contributed by atoms with Gasteiger partial charge in [0.05, 0.1) is 6.42 Å². The van der Waals surface area contributed by atoms with Gasteiger partial charge in [-0.1, -0.05) is 13.8 Å². The predicted molar refractivity (Wildman–Crippen MR) is 45.0 cm³/mol. The fraction of sp³-hybridized carbons (Fsp3) is 0.857. The summed E-state index contributed by atoms with van der Waals surface area (Å²) in [6.45, 7) is 3.94. The molecular formula is C7H14O3S. The topological polar surface area (TPSA) is 54.4 Å². The molecule has 1 atom stereocenters. The smallest absolute Gasteiger partial charge is 0.304 e. The molecule has 0 aromatic carbocycles. The number of rotatable bonds is 5. The minimum absolute atomic E-state index is 0.0132. The summed E-state index contributed by atoms with van der Waals surface area (Å²) < 4.78 is 11.0. The third kappa shape index (κ3) is 7.52. The van der Waals surface area contributed by atoms with Gasteiger partial charge in [-0.25, -0.2) is 0 Å². The molecule has 0 aliphatic heterocycles. The normalized spacial score (nSPS) is 13.4. The van der Waals surface area contributed by atoms with Crippen LogP contribution in [0.2, 0.25) is 0 Å². The highest BCUT2D eigenvalue weighted by molar-refractivity contribution is 7.85. The lowest BCUT2D eigenvalue weighted by Gasteiger charge is -2.02. The van der Waals surface area contributed by atoms with Gasteiger partial charge in [-0.2, -0.15) is 0 Å². The molecule has 0 rings (SSSR count). The van der Waals surface area contributed by atoms with E-state index in [0.717, 1.165) is 0 Å². The van der Waals surface area contributed by atoms with Crippen molar-refractivity contribution in [3.8, 4) is 0 Å². The molecule has 0 heterocycles. The second-order valence-electron chi connectivity index (χ2n) is 2.85. The predicted octanol–water partition coefficient (Wildman–Crippen LogP) is 0.866. The van der Waals surface area contributed by atoms with Gasteiger partial charge in [-0.05, 0) is 5.92 Å². The summed E-state index contributed by atoms with van der Waals surface area (Å²) in [6.07, 6.45) is 0.0132. The maximum atomic E-state index is 11.0. The van der Waals surface area contributed by atoms with Crippen LogP contribution in [-0.4, -0.2) is 26.8 Å². The Bertz CT molecular complexity index is 154. The van der Waals surface area contributed by atoms with Gasteiger partial charge in [0.25, 0.3) is 0 Å². The Balaban J connectivity index is 3.45. The lowest BCUT2D eigenvalue weighted by molar-refractivity contribution is -0.136. The average Bonchev–Trinajstić information content (AvgIpc) is 1.82. The van der Waals surface area contributed by atoms with E-state index in [0.29, 0.717) is 11.7 Å². The van der Waals surface area contributed by atoms with Crippen molar-refractivity contribution in [2.24, 2.45) is 5.92 Å². The standard InChI is InChI=1S/C7H14O3S/c1-6(2)5-11(10)4-3-7(8)9/h6H,3-5H2,1-2H3,(H,8,9). The van der Waals surface area contributed by atoms with Gasteiger partial charge in [0.2, 0.25) is 0 Å². The van der Waals surface area contributed by atoms with E-state index >= 15 is 0 Å². The van der Waals surface area contributed by atoms with Crippen LogP contribution in [0.15, 0.2) is 0 Å². The van der Waals surface area contributed by atoms with Crippen LogP contribution >= 0.6 is 0 Å². The van der Waals surface area contributed by atoms with Crippen LogP contribution in [0, 0.1) is 5.92 Å². The molecule has 0 radical (unpaired) electrons. The van der Waals surface area contributed by atoms with E-state index in [4.69, 9.17) is 5.11 Å². The van der Waals surface area contributed by atoms with Crippen molar-refractivity contribution in [1.29, 1.82) is 0 Å². The van der Waals surface area contributed by atoms with Crippen LogP contribution in [0.1, 0.15) is 20.3 Å². The zero-order valence-corrected chi connectivity index (χ0v) is 7.69. The molecule has 1 N–H and O–H groups in total. The van der Waals surface area contributed by atoms with Crippen molar-refractivity contribution in [1.82, 2.24) is 0 Å². The van der Waals surface area contributed by atoms with E-state index in [1.807, 2.05) is 13.8 Å². The van der Waals surface area contributed by atoms with Crippen molar-refractivity contribution in [3.05, 3.63) is 0 Å². The molecule has 0 saturated heterocycles. The maximum absolute atomic E-state index is 11.0. The lowest BCUT2D eigenvalue weighted by Crippen LogP contribution is -2.10. The molecule has 0 spiro atoms. The summed E-state index contributed by atoms with van der Waals surface area (Å²) >= 11 is 0. The Hall–Kier alpha value is -0.380.